The van der Waals surface area contributed by atoms with Crippen LogP contribution < -0.4 is 36.7 Å². The number of ether oxygens (including phenoxy) is 2. The van der Waals surface area contributed by atoms with Crippen molar-refractivity contribution in [2.24, 2.45) is 19.1 Å². The average molecular weight is 1100 g/mol. The summed E-state index contributed by atoms with van der Waals surface area (Å²) >= 11 is 12.8. The van der Waals surface area contributed by atoms with Crippen molar-refractivity contribution < 1.29 is 27.8 Å². The van der Waals surface area contributed by atoms with Crippen molar-refractivity contribution in [1.29, 1.82) is 0 Å². The van der Waals surface area contributed by atoms with Crippen LogP contribution in [0.4, 0.5) is 32.1 Å². The van der Waals surface area contributed by atoms with E-state index in [1.807, 2.05) is 60.7 Å². The molecule has 2 amide bonds. The highest BCUT2D eigenvalue weighted by molar-refractivity contribution is 6.34. The quantitative estimate of drug-likeness (QED) is 0.0912. The van der Waals surface area contributed by atoms with Crippen LogP contribution in [0.25, 0.3) is 22.3 Å². The van der Waals surface area contributed by atoms with Crippen molar-refractivity contribution in [2.45, 2.75) is 0 Å². The molecule has 18 nitrogen and oxygen atoms in total. The maximum atomic E-state index is 13.4. The summed E-state index contributed by atoms with van der Waals surface area (Å²) in [5.74, 6) is -0.358. The van der Waals surface area contributed by atoms with E-state index < -0.39 is 34.3 Å². The first-order valence-electron chi connectivity index (χ1n) is 23.5. The Morgan fingerprint density at radius 2 is 0.987 bits per heavy atom. The third kappa shape index (κ3) is 13.0. The largest absolute Gasteiger partial charge is 0.454 e. The van der Waals surface area contributed by atoms with Gasteiger partial charge in [0, 0.05) is 73.3 Å². The SMILES string of the molecule is Cn1cc(-c2ccc(F)cc2)c(=O)c(C(=O)Nc2ccc(Oc3ccnc(N)c3Cl)cn2)n1.Cn1cc(-c2ccc(F)cc2)c(=O)c(C(=O)Nc2ccc(Oc3ccnc(N=C(c4ccccc4)c4ccccc4)c3Cl)cn2)n1. The van der Waals surface area contributed by atoms with Gasteiger partial charge in [0.2, 0.25) is 10.9 Å². The van der Waals surface area contributed by atoms with Gasteiger partial charge in [-0.2, -0.15) is 10.2 Å². The molecule has 10 aromatic rings. The Balaban J connectivity index is 0.000000203. The molecule has 0 unspecified atom stereocenters. The van der Waals surface area contributed by atoms with Crippen LogP contribution in [0.15, 0.2) is 197 Å². The summed E-state index contributed by atoms with van der Waals surface area (Å²) in [5, 5.41) is 13.5. The fraction of sp³-hybridized carbons (Fsp3) is 0.0351. The minimum atomic E-state index is -0.752. The number of rotatable bonds is 13. The number of anilines is 3. The number of pyridine rings is 4. The summed E-state index contributed by atoms with van der Waals surface area (Å²) in [6, 6.07) is 39.5. The van der Waals surface area contributed by atoms with E-state index in [1.165, 1.54) is 101 Å². The Labute approximate surface area is 457 Å². The Hall–Kier alpha value is -10.3. The number of benzene rings is 4. The molecule has 22 heteroatoms. The number of carbonyl (C=O) groups is 2. The minimum absolute atomic E-state index is 0.128. The zero-order valence-corrected chi connectivity index (χ0v) is 42.9. The first-order chi connectivity index (χ1) is 38.2. The minimum Gasteiger partial charge on any atom is -0.454 e. The molecule has 4 N–H and O–H groups in total. The molecule has 0 bridgehead atoms. The topological polar surface area (TPSA) is 236 Å². The monoisotopic (exact) mass is 1100 g/mol. The molecular weight excluding hydrogens is 1060 g/mol. The number of halogens is 4. The summed E-state index contributed by atoms with van der Waals surface area (Å²) < 4.78 is 40.9. The van der Waals surface area contributed by atoms with Crippen LogP contribution in [0.3, 0.4) is 0 Å². The van der Waals surface area contributed by atoms with Gasteiger partial charge in [0.05, 0.1) is 18.1 Å². The summed E-state index contributed by atoms with van der Waals surface area (Å²) in [6.45, 7) is 0. The summed E-state index contributed by atoms with van der Waals surface area (Å²) in [7, 11) is 3.16. The van der Waals surface area contributed by atoms with Gasteiger partial charge in [0.1, 0.15) is 50.6 Å². The van der Waals surface area contributed by atoms with Crippen molar-refractivity contribution in [3.63, 3.8) is 0 Å². The van der Waals surface area contributed by atoms with Crippen molar-refractivity contribution in [3.8, 4) is 45.3 Å². The normalized spacial score (nSPS) is 10.7. The van der Waals surface area contributed by atoms with E-state index in [2.05, 4.69) is 40.8 Å². The van der Waals surface area contributed by atoms with Crippen LogP contribution >= 0.6 is 23.2 Å². The molecule has 0 atom stereocenters. The Kier molecular flexibility index (Phi) is 16.3. The van der Waals surface area contributed by atoms with Crippen molar-refractivity contribution >= 4 is 64.0 Å². The van der Waals surface area contributed by atoms with Crippen LogP contribution in [-0.4, -0.2) is 57.0 Å². The zero-order chi connectivity index (χ0) is 55.6. The van der Waals surface area contributed by atoms with E-state index in [-0.39, 0.29) is 55.8 Å². The van der Waals surface area contributed by atoms with Gasteiger partial charge >= 0.3 is 0 Å². The van der Waals surface area contributed by atoms with Crippen molar-refractivity contribution in [1.82, 2.24) is 39.5 Å². The number of amides is 2. The number of aliphatic imine (C=N–C) groups is 1. The maximum Gasteiger partial charge on any atom is 0.281 e. The molecule has 6 heterocycles. The van der Waals surface area contributed by atoms with E-state index in [0.717, 1.165) is 11.1 Å². The van der Waals surface area contributed by atoms with E-state index in [1.54, 1.807) is 44.6 Å². The highest BCUT2D eigenvalue weighted by atomic mass is 35.5. The van der Waals surface area contributed by atoms with Gasteiger partial charge in [-0.05, 0) is 59.7 Å². The number of aryl methyl sites for hydroxylation is 2. The van der Waals surface area contributed by atoms with Gasteiger partial charge in [-0.25, -0.2) is 33.7 Å². The molecule has 79 heavy (non-hydrogen) atoms. The molecule has 0 saturated heterocycles. The molecule has 0 radical (unpaired) electrons. The summed E-state index contributed by atoms with van der Waals surface area (Å²) in [5.41, 5.74) is 7.61. The average Bonchev–Trinajstić information content (AvgIpc) is 3.48. The predicted octanol–water partition coefficient (Wildman–Crippen LogP) is 10.9. The van der Waals surface area contributed by atoms with E-state index in [4.69, 9.17) is 43.4 Å². The van der Waals surface area contributed by atoms with Crippen LogP contribution in [0.1, 0.15) is 32.1 Å². The second-order valence-electron chi connectivity index (χ2n) is 16.8. The molecule has 392 valence electrons. The lowest BCUT2D eigenvalue weighted by molar-refractivity contribution is 0.101. The lowest BCUT2D eigenvalue weighted by Crippen LogP contribution is -2.27. The second-order valence-corrected chi connectivity index (χ2v) is 17.6. The molecule has 0 spiro atoms. The fourth-order valence-electron chi connectivity index (χ4n) is 7.50. The van der Waals surface area contributed by atoms with Crippen molar-refractivity contribution in [3.05, 3.63) is 247 Å². The van der Waals surface area contributed by atoms with Gasteiger partial charge in [0.25, 0.3) is 11.8 Å². The number of nitrogens with one attached hydrogen (secondary N) is 2. The van der Waals surface area contributed by atoms with Gasteiger partial charge in [-0.3, -0.25) is 28.5 Å². The summed E-state index contributed by atoms with van der Waals surface area (Å²) in [6.07, 6.45) is 8.70. The number of nitrogen functional groups attached to an aromatic ring is 1. The molecule has 10 rings (SSSR count). The van der Waals surface area contributed by atoms with Gasteiger partial charge < -0.3 is 25.8 Å². The Morgan fingerprint density at radius 3 is 1.42 bits per heavy atom. The van der Waals surface area contributed by atoms with Gasteiger partial charge in [-0.15, -0.1) is 0 Å². The number of carbonyl (C=O) groups excluding carboxylic acids is 2. The number of nitrogens with zero attached hydrogens (tertiary/aromatic N) is 9. The predicted molar refractivity (Wildman–Crippen MR) is 295 cm³/mol. The lowest BCUT2D eigenvalue weighted by atomic mass is 10.0. The Bertz CT molecular complexity index is 3970. The molecule has 6 aromatic heterocycles. The van der Waals surface area contributed by atoms with Gasteiger partial charge in [-0.1, -0.05) is 108 Å². The molecule has 0 aliphatic carbocycles. The molecule has 4 aromatic carbocycles. The smallest absolute Gasteiger partial charge is 0.281 e. The second kappa shape index (κ2) is 24.1. The fourth-order valence-corrected chi connectivity index (χ4v) is 7.84. The van der Waals surface area contributed by atoms with Crippen LogP contribution in [-0.2, 0) is 14.1 Å². The number of hydrogen-bond acceptors (Lipinski definition) is 14. The lowest BCUT2D eigenvalue weighted by Gasteiger charge is -2.11. The van der Waals surface area contributed by atoms with Crippen LogP contribution in [0.5, 0.6) is 23.0 Å². The molecule has 0 aliphatic rings. The first kappa shape index (κ1) is 53.5. The molecular formula is C57H40Cl2F2N12O6. The molecule has 0 fully saturated rings. The number of hydrogen-bond donors (Lipinski definition) is 3. The molecule has 0 saturated carbocycles. The molecule has 0 aliphatic heterocycles. The van der Waals surface area contributed by atoms with Crippen LogP contribution in [0, 0.1) is 11.6 Å². The Morgan fingerprint density at radius 1 is 0.557 bits per heavy atom. The van der Waals surface area contributed by atoms with Gasteiger partial charge in [0.15, 0.2) is 28.7 Å². The summed E-state index contributed by atoms with van der Waals surface area (Å²) in [4.78, 5) is 73.1. The standard InChI is InChI=1S/C35H24ClFN6O3.C22H16ClFN6O3/c1-43-21-27(22-12-14-25(37)15-13-22)33(44)32(42-43)35(45)40-29-17-16-26(20-39-29)46-28-18-19-38-34(30(28)36)41-31(23-8-4-2-5-9-23)24-10-6-3-7-11-24;1-30-11-15(12-2-4-13(24)5-3-12)20(31)19(29-30)22(32)28-17-7-6-14(10-27-17)33-16-8-9-26-21(25)18(16)23/h2-21H,1H3,(H,39,40,45);2-11H,1H3,(H2,25,26)(H,27,28,32). The highest BCUT2D eigenvalue weighted by Crippen LogP contribution is 2.36. The third-order valence-electron chi connectivity index (χ3n) is 11.2. The first-order valence-corrected chi connectivity index (χ1v) is 24.3. The highest BCUT2D eigenvalue weighted by Gasteiger charge is 2.21. The number of aromatic nitrogens is 8. The maximum absolute atomic E-state index is 13.4. The van der Waals surface area contributed by atoms with Crippen LogP contribution in [0.2, 0.25) is 10.0 Å². The van der Waals surface area contributed by atoms with Crippen molar-refractivity contribution in [2.75, 3.05) is 16.4 Å². The van der Waals surface area contributed by atoms with E-state index >= 15 is 0 Å². The number of nitrogens with two attached hydrogens (primary N) is 1. The zero-order valence-electron chi connectivity index (χ0n) is 41.4. The van der Waals surface area contributed by atoms with E-state index in [0.29, 0.717) is 39.8 Å². The third-order valence-corrected chi connectivity index (χ3v) is 12.0. The van der Waals surface area contributed by atoms with E-state index in [9.17, 15) is 28.0 Å².